The van der Waals surface area contributed by atoms with Gasteiger partial charge in [0, 0.05) is 6.42 Å². The lowest BCUT2D eigenvalue weighted by atomic mass is 10.1. The predicted molar refractivity (Wildman–Crippen MR) is 52.3 cm³/mol. The molecule has 82 valence electrons. The number of carboxylic acids is 1. The van der Waals surface area contributed by atoms with Crippen LogP contribution in [0.25, 0.3) is 0 Å². The Morgan fingerprint density at radius 3 is 2.87 bits per heavy atom. The first kappa shape index (κ1) is 11.5. The van der Waals surface area contributed by atoms with Crippen LogP contribution in [0.15, 0.2) is 18.2 Å². The number of methoxy groups -OCH3 is 1. The lowest BCUT2D eigenvalue weighted by molar-refractivity contribution is -0.138. The minimum Gasteiger partial charge on any atom is -0.493 e. The van der Waals surface area contributed by atoms with Crippen LogP contribution in [0.2, 0.25) is 0 Å². The van der Waals surface area contributed by atoms with E-state index >= 15 is 0 Å². The van der Waals surface area contributed by atoms with Crippen molar-refractivity contribution in [3.8, 4) is 5.75 Å². The third-order valence-electron chi connectivity index (χ3n) is 2.01. The number of aliphatic carboxylic acids is 1. The van der Waals surface area contributed by atoms with Crippen LogP contribution in [0.4, 0.5) is 4.39 Å². The van der Waals surface area contributed by atoms with Gasteiger partial charge >= 0.3 is 5.97 Å². The van der Waals surface area contributed by atoms with Crippen LogP contribution in [0.1, 0.15) is 5.56 Å². The van der Waals surface area contributed by atoms with Gasteiger partial charge in [-0.1, -0.05) is 12.1 Å². The van der Waals surface area contributed by atoms with E-state index in [0.717, 1.165) is 0 Å². The quantitative estimate of drug-likeness (QED) is 0.775. The lowest BCUT2D eigenvalue weighted by Crippen LogP contribution is -2.32. The second kappa shape index (κ2) is 4.75. The molecule has 1 aromatic carbocycles. The first-order chi connectivity index (χ1) is 7.06. The molecule has 1 atom stereocenters. The van der Waals surface area contributed by atoms with Crippen molar-refractivity contribution in [3.05, 3.63) is 29.6 Å². The number of hydrogen-bond donors (Lipinski definition) is 2. The zero-order valence-corrected chi connectivity index (χ0v) is 8.24. The molecule has 0 fully saturated rings. The normalized spacial score (nSPS) is 12.2. The van der Waals surface area contributed by atoms with E-state index in [2.05, 4.69) is 0 Å². The summed E-state index contributed by atoms with van der Waals surface area (Å²) in [6.07, 6.45) is 0.0380. The maximum absolute atomic E-state index is 13.2. The van der Waals surface area contributed by atoms with Crippen molar-refractivity contribution in [2.24, 2.45) is 5.73 Å². The van der Waals surface area contributed by atoms with Crippen molar-refractivity contribution >= 4 is 5.97 Å². The number of carbonyl (C=O) groups is 1. The van der Waals surface area contributed by atoms with E-state index in [0.29, 0.717) is 5.56 Å². The Morgan fingerprint density at radius 1 is 1.67 bits per heavy atom. The zero-order valence-electron chi connectivity index (χ0n) is 8.24. The molecule has 0 spiro atoms. The molecule has 0 saturated heterocycles. The van der Waals surface area contributed by atoms with E-state index in [1.807, 2.05) is 0 Å². The smallest absolute Gasteiger partial charge is 0.320 e. The van der Waals surface area contributed by atoms with Crippen LogP contribution in [-0.2, 0) is 11.2 Å². The van der Waals surface area contributed by atoms with Gasteiger partial charge in [0.1, 0.15) is 6.04 Å². The molecule has 0 aromatic heterocycles. The Kier molecular flexibility index (Phi) is 3.62. The molecular weight excluding hydrogens is 201 g/mol. The van der Waals surface area contributed by atoms with Gasteiger partial charge in [-0.25, -0.2) is 4.39 Å². The van der Waals surface area contributed by atoms with Gasteiger partial charge in [-0.3, -0.25) is 4.79 Å². The van der Waals surface area contributed by atoms with E-state index in [9.17, 15) is 9.18 Å². The Balaban J connectivity index is 2.94. The fraction of sp³-hybridized carbons (Fsp3) is 0.300. The summed E-state index contributed by atoms with van der Waals surface area (Å²) in [5.41, 5.74) is 5.80. The van der Waals surface area contributed by atoms with Crippen LogP contribution < -0.4 is 10.5 Å². The van der Waals surface area contributed by atoms with Gasteiger partial charge in [0.25, 0.3) is 0 Å². The standard InChI is InChI=1S/C10H12FNO3/c1-15-9-6(3-2-4-7(9)11)5-8(12)10(13)14/h2-4,8H,5,12H2,1H3,(H,13,14)/t8-/m1/s1. The summed E-state index contributed by atoms with van der Waals surface area (Å²) in [6.45, 7) is 0. The van der Waals surface area contributed by atoms with E-state index in [1.54, 1.807) is 6.07 Å². The maximum atomic E-state index is 13.2. The van der Waals surface area contributed by atoms with Gasteiger partial charge < -0.3 is 15.6 Å². The molecular formula is C10H12FNO3. The average molecular weight is 213 g/mol. The molecule has 0 aliphatic rings. The molecule has 0 radical (unpaired) electrons. The fourth-order valence-corrected chi connectivity index (χ4v) is 1.27. The molecule has 0 aliphatic heterocycles. The second-order valence-corrected chi connectivity index (χ2v) is 3.08. The molecule has 15 heavy (non-hydrogen) atoms. The van der Waals surface area contributed by atoms with E-state index in [4.69, 9.17) is 15.6 Å². The summed E-state index contributed by atoms with van der Waals surface area (Å²) in [5.74, 6) is -1.59. The number of nitrogens with two attached hydrogens (primary N) is 1. The average Bonchev–Trinajstić information content (AvgIpc) is 2.18. The molecule has 5 heteroatoms. The molecule has 4 nitrogen and oxygen atoms in total. The van der Waals surface area contributed by atoms with Crippen molar-refractivity contribution in [1.29, 1.82) is 0 Å². The summed E-state index contributed by atoms with van der Waals surface area (Å²) >= 11 is 0. The summed E-state index contributed by atoms with van der Waals surface area (Å²) in [7, 11) is 1.33. The molecule has 1 rings (SSSR count). The molecule has 3 N–H and O–H groups in total. The summed E-state index contributed by atoms with van der Waals surface area (Å²) in [5, 5.41) is 8.62. The van der Waals surface area contributed by atoms with E-state index in [-0.39, 0.29) is 12.2 Å². The van der Waals surface area contributed by atoms with Crippen LogP contribution in [0, 0.1) is 5.82 Å². The molecule has 0 amide bonds. The first-order valence-corrected chi connectivity index (χ1v) is 4.36. The highest BCUT2D eigenvalue weighted by atomic mass is 19.1. The monoisotopic (exact) mass is 213 g/mol. The number of halogens is 1. The zero-order chi connectivity index (χ0) is 11.4. The molecule has 0 heterocycles. The minimum atomic E-state index is -1.12. The Morgan fingerprint density at radius 2 is 2.33 bits per heavy atom. The third kappa shape index (κ3) is 2.66. The predicted octanol–water partition coefficient (Wildman–Crippen LogP) is 0.789. The summed E-state index contributed by atoms with van der Waals surface area (Å²) < 4.78 is 18.0. The van der Waals surface area contributed by atoms with Gasteiger partial charge in [-0.15, -0.1) is 0 Å². The lowest BCUT2D eigenvalue weighted by Gasteiger charge is -2.11. The number of rotatable bonds is 4. The molecule has 0 aliphatic carbocycles. The van der Waals surface area contributed by atoms with Crippen LogP contribution in [0.5, 0.6) is 5.75 Å². The summed E-state index contributed by atoms with van der Waals surface area (Å²) in [4.78, 5) is 10.5. The maximum Gasteiger partial charge on any atom is 0.320 e. The fourth-order valence-electron chi connectivity index (χ4n) is 1.27. The van der Waals surface area contributed by atoms with Crippen LogP contribution in [-0.4, -0.2) is 24.2 Å². The van der Waals surface area contributed by atoms with Crippen molar-refractivity contribution in [2.45, 2.75) is 12.5 Å². The van der Waals surface area contributed by atoms with E-state index in [1.165, 1.54) is 19.2 Å². The van der Waals surface area contributed by atoms with Gasteiger partial charge in [0.05, 0.1) is 7.11 Å². The second-order valence-electron chi connectivity index (χ2n) is 3.08. The van der Waals surface area contributed by atoms with Gasteiger partial charge in [0.2, 0.25) is 0 Å². The molecule has 1 aromatic rings. The SMILES string of the molecule is COc1c(F)cccc1C[C@@H](N)C(=O)O. The topological polar surface area (TPSA) is 72.5 Å². The summed E-state index contributed by atoms with van der Waals surface area (Å²) in [6, 6.07) is 3.27. The first-order valence-electron chi connectivity index (χ1n) is 4.36. The Bertz CT molecular complexity index is 368. The van der Waals surface area contributed by atoms with Crippen molar-refractivity contribution in [1.82, 2.24) is 0 Å². The van der Waals surface area contributed by atoms with Crippen molar-refractivity contribution < 1.29 is 19.0 Å². The highest BCUT2D eigenvalue weighted by Crippen LogP contribution is 2.23. The van der Waals surface area contributed by atoms with E-state index < -0.39 is 17.8 Å². The highest BCUT2D eigenvalue weighted by molar-refractivity contribution is 5.73. The third-order valence-corrected chi connectivity index (χ3v) is 2.01. The van der Waals surface area contributed by atoms with Crippen molar-refractivity contribution in [2.75, 3.05) is 7.11 Å². The number of hydrogen-bond acceptors (Lipinski definition) is 3. The molecule has 0 bridgehead atoms. The number of para-hydroxylation sites is 1. The molecule has 0 unspecified atom stereocenters. The number of benzene rings is 1. The Hall–Kier alpha value is -1.62. The minimum absolute atomic E-state index is 0.0380. The van der Waals surface area contributed by atoms with Crippen molar-refractivity contribution in [3.63, 3.8) is 0 Å². The molecule has 0 saturated carbocycles. The largest absolute Gasteiger partial charge is 0.493 e. The Labute approximate surface area is 86.5 Å². The van der Waals surface area contributed by atoms with Gasteiger partial charge in [-0.2, -0.15) is 0 Å². The number of ether oxygens (including phenoxy) is 1. The van der Waals surface area contributed by atoms with Gasteiger partial charge in [-0.05, 0) is 11.6 Å². The number of carboxylic acid groups (broad SMARTS) is 1. The van der Waals surface area contributed by atoms with Crippen LogP contribution in [0.3, 0.4) is 0 Å². The van der Waals surface area contributed by atoms with Gasteiger partial charge in [0.15, 0.2) is 11.6 Å². The van der Waals surface area contributed by atoms with Crippen LogP contribution >= 0.6 is 0 Å². The highest BCUT2D eigenvalue weighted by Gasteiger charge is 2.16.